The first-order chi connectivity index (χ1) is 5.67. The number of nitrogens with zero attached hydrogens (tertiary/aromatic N) is 1. The van der Waals surface area contributed by atoms with Crippen LogP contribution in [0.4, 0.5) is 0 Å². The molecular weight excluding hydrogens is 156 g/mol. The van der Waals surface area contributed by atoms with Crippen molar-refractivity contribution < 1.29 is 9.53 Å². The van der Waals surface area contributed by atoms with Crippen LogP contribution < -0.4 is 5.73 Å². The van der Waals surface area contributed by atoms with E-state index in [1.165, 1.54) is 0 Å². The Balaban J connectivity index is 4.03. The van der Waals surface area contributed by atoms with Gasteiger partial charge in [-0.1, -0.05) is 0 Å². The van der Waals surface area contributed by atoms with Gasteiger partial charge in [0, 0.05) is 13.7 Å². The topological polar surface area (TPSA) is 55.6 Å². The van der Waals surface area contributed by atoms with E-state index in [1.807, 2.05) is 13.8 Å². The summed E-state index contributed by atoms with van der Waals surface area (Å²) in [6, 6.07) is 0.107. The molecule has 0 spiro atoms. The van der Waals surface area contributed by atoms with Gasteiger partial charge in [0.1, 0.15) is 0 Å². The standard InChI is InChI=1S/C8H18N2O2/c1-4-10(8(11)5-9)7(2)6-12-3/h7H,4-6,9H2,1-3H3. The summed E-state index contributed by atoms with van der Waals surface area (Å²) in [5.41, 5.74) is 5.25. The van der Waals surface area contributed by atoms with Crippen LogP contribution in [0.3, 0.4) is 0 Å². The Morgan fingerprint density at radius 2 is 2.25 bits per heavy atom. The normalized spacial score (nSPS) is 12.7. The second-order valence-electron chi connectivity index (χ2n) is 2.69. The summed E-state index contributed by atoms with van der Waals surface area (Å²) in [6.45, 7) is 5.18. The van der Waals surface area contributed by atoms with Gasteiger partial charge < -0.3 is 15.4 Å². The Kier molecular flexibility index (Phi) is 5.66. The maximum atomic E-state index is 11.2. The van der Waals surface area contributed by atoms with E-state index in [0.717, 1.165) is 0 Å². The first kappa shape index (κ1) is 11.4. The van der Waals surface area contributed by atoms with E-state index in [0.29, 0.717) is 13.2 Å². The highest BCUT2D eigenvalue weighted by Gasteiger charge is 2.15. The van der Waals surface area contributed by atoms with Gasteiger partial charge in [0.25, 0.3) is 0 Å². The van der Waals surface area contributed by atoms with E-state index in [1.54, 1.807) is 12.0 Å². The van der Waals surface area contributed by atoms with Gasteiger partial charge in [-0.15, -0.1) is 0 Å². The van der Waals surface area contributed by atoms with Crippen LogP contribution in [-0.4, -0.2) is 43.7 Å². The number of carbonyl (C=O) groups excluding carboxylic acids is 1. The van der Waals surface area contributed by atoms with Crippen LogP contribution in [0.25, 0.3) is 0 Å². The van der Waals surface area contributed by atoms with E-state index >= 15 is 0 Å². The quantitative estimate of drug-likeness (QED) is 0.629. The molecule has 0 aromatic carbocycles. The molecule has 4 nitrogen and oxygen atoms in total. The molecule has 0 rings (SSSR count). The molecule has 72 valence electrons. The van der Waals surface area contributed by atoms with E-state index in [-0.39, 0.29) is 18.5 Å². The summed E-state index contributed by atoms with van der Waals surface area (Å²) in [4.78, 5) is 12.9. The van der Waals surface area contributed by atoms with Gasteiger partial charge in [0.15, 0.2) is 0 Å². The Morgan fingerprint density at radius 1 is 1.67 bits per heavy atom. The zero-order chi connectivity index (χ0) is 9.56. The minimum atomic E-state index is -0.0259. The number of rotatable bonds is 5. The molecule has 0 aliphatic heterocycles. The molecule has 0 aliphatic rings. The van der Waals surface area contributed by atoms with Crippen molar-refractivity contribution >= 4 is 5.91 Å². The van der Waals surface area contributed by atoms with Crippen molar-refractivity contribution in [3.8, 4) is 0 Å². The number of hydrogen-bond acceptors (Lipinski definition) is 3. The summed E-state index contributed by atoms with van der Waals surface area (Å²) in [7, 11) is 1.62. The summed E-state index contributed by atoms with van der Waals surface area (Å²) >= 11 is 0. The minimum Gasteiger partial charge on any atom is -0.383 e. The van der Waals surface area contributed by atoms with Crippen LogP contribution >= 0.6 is 0 Å². The number of likely N-dealkylation sites (N-methyl/N-ethyl adjacent to an activating group) is 1. The maximum absolute atomic E-state index is 11.2. The van der Waals surface area contributed by atoms with E-state index < -0.39 is 0 Å². The lowest BCUT2D eigenvalue weighted by molar-refractivity contribution is -0.132. The predicted octanol–water partition coefficient (Wildman–Crippen LogP) is -0.171. The van der Waals surface area contributed by atoms with Crippen molar-refractivity contribution in [2.24, 2.45) is 5.73 Å². The van der Waals surface area contributed by atoms with E-state index in [4.69, 9.17) is 10.5 Å². The highest BCUT2D eigenvalue weighted by molar-refractivity contribution is 5.78. The third kappa shape index (κ3) is 3.19. The molecule has 1 unspecified atom stereocenters. The predicted molar refractivity (Wildman–Crippen MR) is 47.8 cm³/mol. The second-order valence-corrected chi connectivity index (χ2v) is 2.69. The summed E-state index contributed by atoms with van der Waals surface area (Å²) in [5.74, 6) is -0.0259. The number of nitrogens with two attached hydrogens (primary N) is 1. The number of carbonyl (C=O) groups is 1. The summed E-state index contributed by atoms with van der Waals surface area (Å²) in [5, 5.41) is 0. The molecule has 0 saturated carbocycles. The second kappa shape index (κ2) is 5.97. The van der Waals surface area contributed by atoms with Crippen molar-refractivity contribution in [2.75, 3.05) is 26.8 Å². The van der Waals surface area contributed by atoms with E-state index in [9.17, 15) is 4.79 Å². The minimum absolute atomic E-state index is 0.0259. The molecule has 0 aliphatic carbocycles. The number of amides is 1. The summed E-state index contributed by atoms with van der Waals surface area (Å²) in [6.07, 6.45) is 0. The van der Waals surface area contributed by atoms with Gasteiger partial charge in [-0.2, -0.15) is 0 Å². The van der Waals surface area contributed by atoms with Crippen molar-refractivity contribution in [2.45, 2.75) is 19.9 Å². The zero-order valence-corrected chi connectivity index (χ0v) is 8.04. The van der Waals surface area contributed by atoms with Crippen LogP contribution in [0.15, 0.2) is 0 Å². The van der Waals surface area contributed by atoms with Crippen LogP contribution in [0, 0.1) is 0 Å². The van der Waals surface area contributed by atoms with Crippen molar-refractivity contribution in [3.05, 3.63) is 0 Å². The Labute approximate surface area is 73.7 Å². The molecule has 0 fully saturated rings. The number of methoxy groups -OCH3 is 1. The van der Waals surface area contributed by atoms with Gasteiger partial charge in [-0.25, -0.2) is 0 Å². The monoisotopic (exact) mass is 174 g/mol. The molecule has 2 N–H and O–H groups in total. The highest BCUT2D eigenvalue weighted by Crippen LogP contribution is 1.98. The van der Waals surface area contributed by atoms with Crippen molar-refractivity contribution in [3.63, 3.8) is 0 Å². The summed E-state index contributed by atoms with van der Waals surface area (Å²) < 4.78 is 4.95. The van der Waals surface area contributed by atoms with Gasteiger partial charge in [-0.3, -0.25) is 4.79 Å². The molecule has 0 aromatic heterocycles. The fraction of sp³-hybridized carbons (Fsp3) is 0.875. The van der Waals surface area contributed by atoms with Crippen LogP contribution in [-0.2, 0) is 9.53 Å². The lowest BCUT2D eigenvalue weighted by Crippen LogP contribution is -2.43. The highest BCUT2D eigenvalue weighted by atomic mass is 16.5. The maximum Gasteiger partial charge on any atom is 0.236 e. The van der Waals surface area contributed by atoms with E-state index in [2.05, 4.69) is 0 Å². The average molecular weight is 174 g/mol. The van der Waals surface area contributed by atoms with Gasteiger partial charge in [0.2, 0.25) is 5.91 Å². The number of hydrogen-bond donors (Lipinski definition) is 1. The first-order valence-electron chi connectivity index (χ1n) is 4.15. The molecule has 0 aromatic rings. The molecule has 0 heterocycles. The Hall–Kier alpha value is -0.610. The molecule has 4 heteroatoms. The van der Waals surface area contributed by atoms with Gasteiger partial charge >= 0.3 is 0 Å². The first-order valence-corrected chi connectivity index (χ1v) is 4.15. The third-order valence-electron chi connectivity index (χ3n) is 1.78. The van der Waals surface area contributed by atoms with Crippen LogP contribution in [0.5, 0.6) is 0 Å². The van der Waals surface area contributed by atoms with Crippen molar-refractivity contribution in [1.82, 2.24) is 4.90 Å². The largest absolute Gasteiger partial charge is 0.383 e. The average Bonchev–Trinajstić information content (AvgIpc) is 2.06. The lowest BCUT2D eigenvalue weighted by Gasteiger charge is -2.26. The van der Waals surface area contributed by atoms with Crippen LogP contribution in [0.2, 0.25) is 0 Å². The molecule has 1 atom stereocenters. The molecule has 0 saturated heterocycles. The van der Waals surface area contributed by atoms with Crippen LogP contribution in [0.1, 0.15) is 13.8 Å². The Morgan fingerprint density at radius 3 is 2.58 bits per heavy atom. The Bertz CT molecular complexity index is 139. The smallest absolute Gasteiger partial charge is 0.236 e. The number of ether oxygens (including phenoxy) is 1. The molecule has 0 radical (unpaired) electrons. The molecule has 12 heavy (non-hydrogen) atoms. The third-order valence-corrected chi connectivity index (χ3v) is 1.78. The SMILES string of the molecule is CCN(C(=O)CN)C(C)COC. The zero-order valence-electron chi connectivity index (χ0n) is 8.04. The fourth-order valence-corrected chi connectivity index (χ4v) is 1.18. The molecule has 1 amide bonds. The lowest BCUT2D eigenvalue weighted by atomic mass is 10.3. The molecule has 0 bridgehead atoms. The van der Waals surface area contributed by atoms with Gasteiger partial charge in [-0.05, 0) is 13.8 Å². The van der Waals surface area contributed by atoms with Crippen molar-refractivity contribution in [1.29, 1.82) is 0 Å². The molecular formula is C8H18N2O2. The fourth-order valence-electron chi connectivity index (χ4n) is 1.18. The van der Waals surface area contributed by atoms with Gasteiger partial charge in [0.05, 0.1) is 19.2 Å².